The molecule has 1 aromatic rings. The van der Waals surface area contributed by atoms with Crippen molar-refractivity contribution >= 4 is 21.4 Å². The van der Waals surface area contributed by atoms with Crippen molar-refractivity contribution in [2.24, 2.45) is 0 Å². The predicted molar refractivity (Wildman–Crippen MR) is 53.1 cm³/mol. The minimum absolute atomic E-state index is 0.107. The monoisotopic (exact) mass is 220 g/mol. The molecular weight excluding hydrogens is 208 g/mol. The van der Waals surface area contributed by atoms with Crippen molar-refractivity contribution in [3.8, 4) is 0 Å². The molecule has 74 valence electrons. The Morgan fingerprint density at radius 3 is 2.85 bits per heavy atom. The first kappa shape index (κ1) is 10.6. The van der Waals surface area contributed by atoms with E-state index in [-0.39, 0.29) is 11.8 Å². The number of rotatable bonds is 4. The third-order valence-corrected chi connectivity index (χ3v) is 4.05. The van der Waals surface area contributed by atoms with Gasteiger partial charge in [-0.15, -0.1) is 11.3 Å². The number of hydrogen-bond donors (Lipinski definition) is 1. The zero-order chi connectivity index (χ0) is 9.90. The molecule has 6 heteroatoms. The first-order valence-electron chi connectivity index (χ1n) is 3.93. The molecule has 1 N–H and O–H groups in total. The highest BCUT2D eigenvalue weighted by molar-refractivity contribution is 7.89. The number of nitrogens with one attached hydrogen (secondary N) is 1. The quantitative estimate of drug-likeness (QED) is 0.828. The molecule has 0 spiro atoms. The summed E-state index contributed by atoms with van der Waals surface area (Å²) in [6, 6.07) is -0.183. The van der Waals surface area contributed by atoms with Crippen LogP contribution < -0.4 is 4.72 Å². The molecule has 1 heterocycles. The van der Waals surface area contributed by atoms with E-state index in [9.17, 15) is 8.42 Å². The Balaban J connectivity index is 2.67. The highest BCUT2D eigenvalue weighted by Crippen LogP contribution is 2.16. The molecule has 0 aliphatic rings. The minimum atomic E-state index is -3.12. The van der Waals surface area contributed by atoms with Crippen molar-refractivity contribution in [2.45, 2.75) is 19.9 Å². The van der Waals surface area contributed by atoms with E-state index < -0.39 is 10.0 Å². The van der Waals surface area contributed by atoms with Crippen molar-refractivity contribution in [1.29, 1.82) is 0 Å². The number of hydrogen-bond acceptors (Lipinski definition) is 4. The van der Waals surface area contributed by atoms with E-state index in [1.54, 1.807) is 25.6 Å². The Morgan fingerprint density at radius 1 is 1.69 bits per heavy atom. The van der Waals surface area contributed by atoms with Crippen molar-refractivity contribution in [3.63, 3.8) is 0 Å². The van der Waals surface area contributed by atoms with Crippen LogP contribution in [0.5, 0.6) is 0 Å². The molecule has 0 aliphatic carbocycles. The third kappa shape index (κ3) is 3.06. The number of sulfonamides is 1. The van der Waals surface area contributed by atoms with E-state index >= 15 is 0 Å². The molecule has 0 saturated carbocycles. The second-order valence-electron chi connectivity index (χ2n) is 2.65. The molecule has 0 saturated heterocycles. The Kier molecular flexibility index (Phi) is 3.40. The molecule has 1 rings (SSSR count). The fourth-order valence-corrected chi connectivity index (χ4v) is 2.39. The largest absolute Gasteiger partial charge is 0.253 e. The topological polar surface area (TPSA) is 59.1 Å². The zero-order valence-corrected chi connectivity index (χ0v) is 9.15. The maximum atomic E-state index is 11.2. The van der Waals surface area contributed by atoms with Crippen LogP contribution in [0.15, 0.2) is 11.7 Å². The van der Waals surface area contributed by atoms with Gasteiger partial charge in [0.1, 0.15) is 0 Å². The van der Waals surface area contributed by atoms with Gasteiger partial charge in [0.05, 0.1) is 17.3 Å². The number of aromatic nitrogens is 1. The Morgan fingerprint density at radius 2 is 2.38 bits per heavy atom. The Hall–Kier alpha value is -0.460. The van der Waals surface area contributed by atoms with Crippen molar-refractivity contribution in [1.82, 2.24) is 9.71 Å². The van der Waals surface area contributed by atoms with E-state index in [0.717, 1.165) is 4.88 Å². The van der Waals surface area contributed by atoms with Crippen LogP contribution in [-0.2, 0) is 10.0 Å². The van der Waals surface area contributed by atoms with E-state index in [0.29, 0.717) is 0 Å². The first-order chi connectivity index (χ1) is 6.05. The molecule has 13 heavy (non-hydrogen) atoms. The van der Waals surface area contributed by atoms with E-state index in [4.69, 9.17) is 0 Å². The average molecular weight is 220 g/mol. The highest BCUT2D eigenvalue weighted by Gasteiger charge is 2.14. The van der Waals surface area contributed by atoms with E-state index in [1.165, 1.54) is 11.3 Å². The molecule has 0 radical (unpaired) electrons. The summed E-state index contributed by atoms with van der Waals surface area (Å²) in [6.45, 7) is 3.42. The fraction of sp³-hybridized carbons (Fsp3) is 0.571. The van der Waals surface area contributed by atoms with Gasteiger partial charge in [-0.05, 0) is 13.8 Å². The Bertz CT molecular complexity index is 345. The summed E-state index contributed by atoms with van der Waals surface area (Å²) in [4.78, 5) is 4.81. The summed E-state index contributed by atoms with van der Waals surface area (Å²) < 4.78 is 24.9. The molecule has 1 atom stereocenters. The molecule has 1 aromatic heterocycles. The van der Waals surface area contributed by atoms with Crippen molar-refractivity contribution in [3.05, 3.63) is 16.6 Å². The summed E-state index contributed by atoms with van der Waals surface area (Å²) in [5, 5.41) is 0. The lowest BCUT2D eigenvalue weighted by atomic mass is 10.3. The summed E-state index contributed by atoms with van der Waals surface area (Å²) in [5.41, 5.74) is 1.69. The normalized spacial score (nSPS) is 14.3. The summed E-state index contributed by atoms with van der Waals surface area (Å²) in [5.74, 6) is 0.107. The average Bonchev–Trinajstić information content (AvgIpc) is 2.55. The van der Waals surface area contributed by atoms with Crippen LogP contribution in [0.4, 0.5) is 0 Å². The first-order valence-corrected chi connectivity index (χ1v) is 6.46. The van der Waals surface area contributed by atoms with Gasteiger partial charge < -0.3 is 0 Å². The number of thiazole rings is 1. The third-order valence-electron chi connectivity index (χ3n) is 1.61. The smallest absolute Gasteiger partial charge is 0.211 e. The standard InChI is InChI=1S/C7H12N2O2S2/c1-3-13(10,11)9-6(2)7-4-8-5-12-7/h4-6,9H,3H2,1-2H3/t6-/m0/s1. The van der Waals surface area contributed by atoms with Crippen molar-refractivity contribution in [2.75, 3.05) is 5.75 Å². The van der Waals surface area contributed by atoms with Crippen molar-refractivity contribution < 1.29 is 8.42 Å². The molecule has 0 fully saturated rings. The highest BCUT2D eigenvalue weighted by atomic mass is 32.2. The van der Waals surface area contributed by atoms with Gasteiger partial charge in [0.25, 0.3) is 0 Å². The maximum Gasteiger partial charge on any atom is 0.211 e. The molecule has 4 nitrogen and oxygen atoms in total. The van der Waals surface area contributed by atoms with Crippen LogP contribution in [0.1, 0.15) is 24.8 Å². The molecule has 0 unspecified atom stereocenters. The summed E-state index contributed by atoms with van der Waals surface area (Å²) >= 11 is 1.44. The van der Waals surface area contributed by atoms with E-state index in [2.05, 4.69) is 9.71 Å². The lowest BCUT2D eigenvalue weighted by molar-refractivity contribution is 0.569. The van der Waals surface area contributed by atoms with Gasteiger partial charge in [-0.1, -0.05) is 0 Å². The molecule has 0 aromatic carbocycles. The van der Waals surface area contributed by atoms with Crippen LogP contribution in [0.3, 0.4) is 0 Å². The van der Waals surface area contributed by atoms with Gasteiger partial charge in [0, 0.05) is 11.1 Å². The van der Waals surface area contributed by atoms with Crippen LogP contribution in [0, 0.1) is 0 Å². The van der Waals surface area contributed by atoms with Gasteiger partial charge in [0.15, 0.2) is 0 Å². The van der Waals surface area contributed by atoms with Gasteiger partial charge in [-0.25, -0.2) is 13.1 Å². The van der Waals surface area contributed by atoms with Gasteiger partial charge in [0.2, 0.25) is 10.0 Å². The summed E-state index contributed by atoms with van der Waals surface area (Å²) in [7, 11) is -3.12. The lowest BCUT2D eigenvalue weighted by Crippen LogP contribution is -2.27. The maximum absolute atomic E-state index is 11.2. The number of nitrogens with zero attached hydrogens (tertiary/aromatic N) is 1. The van der Waals surface area contributed by atoms with Crippen LogP contribution >= 0.6 is 11.3 Å². The van der Waals surface area contributed by atoms with Gasteiger partial charge in [-0.2, -0.15) is 0 Å². The van der Waals surface area contributed by atoms with E-state index in [1.807, 2.05) is 0 Å². The summed E-state index contributed by atoms with van der Waals surface area (Å²) in [6.07, 6.45) is 1.67. The zero-order valence-electron chi connectivity index (χ0n) is 7.52. The SMILES string of the molecule is CCS(=O)(=O)N[C@@H](C)c1cncs1. The predicted octanol–water partition coefficient (Wildman–Crippen LogP) is 1.14. The fourth-order valence-electron chi connectivity index (χ4n) is 0.850. The molecular formula is C7H12N2O2S2. The second-order valence-corrected chi connectivity index (χ2v) is 5.61. The molecule has 0 aliphatic heterocycles. The van der Waals surface area contributed by atoms with Crippen LogP contribution in [0.25, 0.3) is 0 Å². The molecule has 0 amide bonds. The second kappa shape index (κ2) is 4.17. The molecule has 0 bridgehead atoms. The Labute approximate surface area is 82.1 Å². The van der Waals surface area contributed by atoms with Gasteiger partial charge >= 0.3 is 0 Å². The lowest BCUT2D eigenvalue weighted by Gasteiger charge is -2.10. The van der Waals surface area contributed by atoms with Crippen LogP contribution in [-0.4, -0.2) is 19.2 Å². The minimum Gasteiger partial charge on any atom is -0.253 e. The van der Waals surface area contributed by atoms with Gasteiger partial charge in [-0.3, -0.25) is 4.98 Å². The van der Waals surface area contributed by atoms with Crippen LogP contribution in [0.2, 0.25) is 0 Å².